The van der Waals surface area contributed by atoms with Crippen LogP contribution >= 0.6 is 34.8 Å². The standard InChI is InChI=1S/C29H32Cl3N3O4S/c1-4-20(2)33-29(37)27(16-21-8-6-5-7-9-21)35(18-22-10-11-24(31)17-26(22)32)28(36)19-34(3)40(38,39)25-14-12-23(30)13-15-25/h5-15,17,20,27H,4,16,18-19H2,1-3H3,(H,33,37)/t20-,27-/m0/s1. The number of hydrogen-bond acceptors (Lipinski definition) is 4. The van der Waals surface area contributed by atoms with Gasteiger partial charge < -0.3 is 10.2 Å². The number of rotatable bonds is 12. The van der Waals surface area contributed by atoms with Gasteiger partial charge in [0.25, 0.3) is 0 Å². The summed E-state index contributed by atoms with van der Waals surface area (Å²) in [7, 11) is -2.70. The Bertz CT molecular complexity index is 1420. The molecule has 214 valence electrons. The minimum absolute atomic E-state index is 0.00477. The first-order valence-corrected chi connectivity index (χ1v) is 15.3. The van der Waals surface area contributed by atoms with Gasteiger partial charge in [-0.1, -0.05) is 78.1 Å². The molecule has 0 aliphatic carbocycles. The zero-order valence-electron chi connectivity index (χ0n) is 22.5. The maximum absolute atomic E-state index is 13.9. The van der Waals surface area contributed by atoms with Crippen LogP contribution < -0.4 is 5.32 Å². The molecule has 3 aromatic carbocycles. The molecule has 7 nitrogen and oxygen atoms in total. The summed E-state index contributed by atoms with van der Waals surface area (Å²) in [6.45, 7) is 3.30. The van der Waals surface area contributed by atoms with Crippen molar-refractivity contribution in [2.45, 2.75) is 50.2 Å². The number of nitrogens with zero attached hydrogens (tertiary/aromatic N) is 2. The molecule has 2 amide bonds. The fourth-order valence-electron chi connectivity index (χ4n) is 3.98. The number of likely N-dealkylation sites (N-methyl/N-ethyl adjacent to an activating group) is 1. The molecule has 0 fully saturated rings. The fraction of sp³-hybridized carbons (Fsp3) is 0.310. The monoisotopic (exact) mass is 623 g/mol. The van der Waals surface area contributed by atoms with E-state index < -0.39 is 28.5 Å². The zero-order valence-corrected chi connectivity index (χ0v) is 25.6. The van der Waals surface area contributed by atoms with Crippen LogP contribution in [0.4, 0.5) is 0 Å². The van der Waals surface area contributed by atoms with Crippen molar-refractivity contribution < 1.29 is 18.0 Å². The largest absolute Gasteiger partial charge is 0.352 e. The van der Waals surface area contributed by atoms with Gasteiger partial charge in [-0.3, -0.25) is 9.59 Å². The molecule has 0 radical (unpaired) electrons. The molecule has 40 heavy (non-hydrogen) atoms. The SMILES string of the molecule is CC[C@H](C)NC(=O)[C@H](Cc1ccccc1)N(Cc1ccc(Cl)cc1Cl)C(=O)CN(C)S(=O)(=O)c1ccc(Cl)cc1. The van der Waals surface area contributed by atoms with Crippen molar-refractivity contribution in [1.82, 2.24) is 14.5 Å². The van der Waals surface area contributed by atoms with Gasteiger partial charge in [0.1, 0.15) is 6.04 Å². The van der Waals surface area contributed by atoms with E-state index >= 15 is 0 Å². The molecule has 0 saturated heterocycles. The molecule has 3 rings (SSSR count). The number of carbonyl (C=O) groups excluding carboxylic acids is 2. The Labute approximate surface area is 251 Å². The highest BCUT2D eigenvalue weighted by molar-refractivity contribution is 7.89. The topological polar surface area (TPSA) is 86.8 Å². The van der Waals surface area contributed by atoms with Crippen LogP contribution in [0.5, 0.6) is 0 Å². The molecule has 1 N–H and O–H groups in total. The maximum Gasteiger partial charge on any atom is 0.243 e. The van der Waals surface area contributed by atoms with Gasteiger partial charge in [-0.05, 0) is 60.9 Å². The third-order valence-electron chi connectivity index (χ3n) is 6.51. The van der Waals surface area contributed by atoms with E-state index in [1.807, 2.05) is 44.2 Å². The van der Waals surface area contributed by atoms with E-state index in [0.29, 0.717) is 27.1 Å². The number of nitrogens with one attached hydrogen (secondary N) is 1. The summed E-state index contributed by atoms with van der Waals surface area (Å²) >= 11 is 18.5. The van der Waals surface area contributed by atoms with E-state index in [0.717, 1.165) is 9.87 Å². The average molecular weight is 625 g/mol. The second kappa shape index (κ2) is 14.3. The van der Waals surface area contributed by atoms with Crippen molar-refractivity contribution in [3.63, 3.8) is 0 Å². The van der Waals surface area contributed by atoms with Crippen molar-refractivity contribution in [2.24, 2.45) is 0 Å². The van der Waals surface area contributed by atoms with Gasteiger partial charge >= 0.3 is 0 Å². The molecule has 0 saturated carbocycles. The van der Waals surface area contributed by atoms with E-state index in [2.05, 4.69) is 5.32 Å². The molecule has 0 aliphatic heterocycles. The van der Waals surface area contributed by atoms with E-state index in [-0.39, 0.29) is 29.8 Å². The van der Waals surface area contributed by atoms with Crippen LogP contribution in [-0.4, -0.2) is 55.1 Å². The van der Waals surface area contributed by atoms with Crippen LogP contribution in [0.2, 0.25) is 15.1 Å². The Hall–Kier alpha value is -2.62. The Kier molecular flexibility index (Phi) is 11.4. The molecule has 0 aromatic heterocycles. The summed E-state index contributed by atoms with van der Waals surface area (Å²) in [5.74, 6) is -0.911. The zero-order chi connectivity index (χ0) is 29.4. The first kappa shape index (κ1) is 31.9. The fourth-order valence-corrected chi connectivity index (χ4v) is 5.70. The average Bonchev–Trinajstić information content (AvgIpc) is 2.92. The predicted molar refractivity (Wildman–Crippen MR) is 160 cm³/mol. The summed E-state index contributed by atoms with van der Waals surface area (Å²) < 4.78 is 27.4. The van der Waals surface area contributed by atoms with Crippen molar-refractivity contribution in [3.05, 3.63) is 99.0 Å². The molecule has 11 heteroatoms. The highest BCUT2D eigenvalue weighted by Gasteiger charge is 2.33. The molecular formula is C29H32Cl3N3O4S. The lowest BCUT2D eigenvalue weighted by molar-refractivity contribution is -0.141. The summed E-state index contributed by atoms with van der Waals surface area (Å²) in [6, 6.07) is 18.8. The van der Waals surface area contributed by atoms with E-state index in [1.165, 1.54) is 36.2 Å². The summed E-state index contributed by atoms with van der Waals surface area (Å²) in [6.07, 6.45) is 0.913. The van der Waals surface area contributed by atoms with Crippen molar-refractivity contribution in [1.29, 1.82) is 0 Å². The van der Waals surface area contributed by atoms with Crippen molar-refractivity contribution in [2.75, 3.05) is 13.6 Å². The highest BCUT2D eigenvalue weighted by Crippen LogP contribution is 2.25. The van der Waals surface area contributed by atoms with Crippen LogP contribution in [0, 0.1) is 0 Å². The number of amides is 2. The minimum atomic E-state index is -4.02. The van der Waals surface area contributed by atoms with Gasteiger partial charge in [0.2, 0.25) is 21.8 Å². The molecule has 0 aliphatic rings. The first-order chi connectivity index (χ1) is 18.9. The molecular weight excluding hydrogens is 593 g/mol. The Morgan fingerprint density at radius 1 is 0.925 bits per heavy atom. The Morgan fingerprint density at radius 2 is 1.55 bits per heavy atom. The Balaban J connectivity index is 2.01. The van der Waals surface area contributed by atoms with Crippen LogP contribution in [0.25, 0.3) is 0 Å². The van der Waals surface area contributed by atoms with Gasteiger partial charge in [-0.2, -0.15) is 4.31 Å². The quantitative estimate of drug-likeness (QED) is 0.275. The number of halogens is 3. The number of benzene rings is 3. The third-order valence-corrected chi connectivity index (χ3v) is 9.16. The van der Waals surface area contributed by atoms with Crippen LogP contribution in [0.15, 0.2) is 77.7 Å². The van der Waals surface area contributed by atoms with Gasteiger partial charge in [-0.25, -0.2) is 8.42 Å². The summed E-state index contributed by atoms with van der Waals surface area (Å²) in [5.41, 5.74) is 1.41. The van der Waals surface area contributed by atoms with Crippen LogP contribution in [0.3, 0.4) is 0 Å². The lowest BCUT2D eigenvalue weighted by atomic mass is 10.0. The van der Waals surface area contributed by atoms with Gasteiger partial charge in [0.15, 0.2) is 0 Å². The second-order valence-corrected chi connectivity index (χ2v) is 12.8. The molecule has 0 unspecified atom stereocenters. The molecule has 3 aromatic rings. The lowest BCUT2D eigenvalue weighted by Gasteiger charge is -2.33. The molecule has 0 spiro atoms. The summed E-state index contributed by atoms with van der Waals surface area (Å²) in [4.78, 5) is 28.9. The van der Waals surface area contributed by atoms with Crippen molar-refractivity contribution in [3.8, 4) is 0 Å². The first-order valence-electron chi connectivity index (χ1n) is 12.7. The normalized spacial score (nSPS) is 13.1. The molecule has 0 bridgehead atoms. The lowest BCUT2D eigenvalue weighted by Crippen LogP contribution is -2.54. The van der Waals surface area contributed by atoms with Gasteiger partial charge in [0.05, 0.1) is 11.4 Å². The van der Waals surface area contributed by atoms with Crippen LogP contribution in [0.1, 0.15) is 31.4 Å². The number of sulfonamides is 1. The smallest absolute Gasteiger partial charge is 0.243 e. The van der Waals surface area contributed by atoms with Crippen LogP contribution in [-0.2, 0) is 32.6 Å². The second-order valence-electron chi connectivity index (χ2n) is 9.50. The van der Waals surface area contributed by atoms with Gasteiger partial charge in [-0.15, -0.1) is 0 Å². The van der Waals surface area contributed by atoms with E-state index in [1.54, 1.807) is 18.2 Å². The predicted octanol–water partition coefficient (Wildman–Crippen LogP) is 5.82. The number of hydrogen-bond donors (Lipinski definition) is 1. The maximum atomic E-state index is 13.9. The number of carbonyl (C=O) groups is 2. The summed E-state index contributed by atoms with van der Waals surface area (Å²) in [5, 5.41) is 4.12. The minimum Gasteiger partial charge on any atom is -0.352 e. The van der Waals surface area contributed by atoms with E-state index in [9.17, 15) is 18.0 Å². The Morgan fingerprint density at radius 3 is 2.15 bits per heavy atom. The third kappa shape index (κ3) is 8.44. The molecule has 0 heterocycles. The molecule has 2 atom stereocenters. The highest BCUT2D eigenvalue weighted by atomic mass is 35.5. The van der Waals surface area contributed by atoms with Gasteiger partial charge in [0, 0.05) is 41.1 Å². The van der Waals surface area contributed by atoms with E-state index in [4.69, 9.17) is 34.8 Å². The van der Waals surface area contributed by atoms with Crippen molar-refractivity contribution >= 4 is 56.6 Å².